The summed E-state index contributed by atoms with van der Waals surface area (Å²) in [5.74, 6) is 0.517. The zero-order valence-electron chi connectivity index (χ0n) is 15.8. The first-order valence-corrected chi connectivity index (χ1v) is 10.4. The van der Waals surface area contributed by atoms with Crippen molar-refractivity contribution in [3.05, 3.63) is 58.3 Å². The van der Waals surface area contributed by atoms with Crippen molar-refractivity contribution < 1.29 is 9.18 Å². The van der Waals surface area contributed by atoms with Gasteiger partial charge >= 0.3 is 6.03 Å². The number of benzene rings is 1. The molecular weight excluding hydrogens is 393 g/mol. The lowest BCUT2D eigenvalue weighted by Gasteiger charge is -2.31. The van der Waals surface area contributed by atoms with Gasteiger partial charge in [0.15, 0.2) is 5.82 Å². The van der Waals surface area contributed by atoms with Crippen molar-refractivity contribution in [3.8, 4) is 0 Å². The van der Waals surface area contributed by atoms with Gasteiger partial charge in [0.05, 0.1) is 13.1 Å². The minimum atomic E-state index is -0.329. The standard InChI is InChI=1S/C19H22FN7OS/c20-14-3-5-15(6-4-14)21-19(28)22-16-7-9-26(10-8-16)13-18-23-24-25-27(18)12-17-2-1-11-29-17/h1-6,11,16H,7-10,12-13H2,(H2,21,22,28). The first-order valence-electron chi connectivity index (χ1n) is 9.48. The van der Waals surface area contributed by atoms with Gasteiger partial charge in [0, 0.05) is 29.7 Å². The second kappa shape index (κ2) is 9.10. The zero-order chi connectivity index (χ0) is 20.1. The topological polar surface area (TPSA) is 88.0 Å². The lowest BCUT2D eigenvalue weighted by Crippen LogP contribution is -2.45. The molecule has 0 spiro atoms. The molecule has 8 nitrogen and oxygen atoms in total. The third-order valence-electron chi connectivity index (χ3n) is 4.88. The van der Waals surface area contributed by atoms with Gasteiger partial charge in [-0.2, -0.15) is 0 Å². The summed E-state index contributed by atoms with van der Waals surface area (Å²) in [6.45, 7) is 3.08. The average molecular weight is 415 g/mol. The van der Waals surface area contributed by atoms with Crippen LogP contribution in [-0.2, 0) is 13.1 Å². The van der Waals surface area contributed by atoms with Crippen molar-refractivity contribution in [3.63, 3.8) is 0 Å². The number of anilines is 1. The van der Waals surface area contributed by atoms with Crippen LogP contribution in [0.25, 0.3) is 0 Å². The number of rotatable bonds is 6. The molecule has 4 rings (SSSR count). The van der Waals surface area contributed by atoms with Crippen LogP contribution in [0, 0.1) is 5.82 Å². The second-order valence-corrected chi connectivity index (χ2v) is 8.02. The SMILES string of the molecule is O=C(Nc1ccc(F)cc1)NC1CCN(Cc2nnnn2Cc2cccs2)CC1. The highest BCUT2D eigenvalue weighted by Crippen LogP contribution is 2.15. The fraction of sp³-hybridized carbons (Fsp3) is 0.368. The Kier molecular flexibility index (Phi) is 6.11. The molecule has 152 valence electrons. The number of thiophene rings is 1. The van der Waals surface area contributed by atoms with Crippen molar-refractivity contribution in [2.45, 2.75) is 32.0 Å². The Bertz CT molecular complexity index is 920. The van der Waals surface area contributed by atoms with E-state index in [1.165, 1.54) is 29.1 Å². The van der Waals surface area contributed by atoms with E-state index in [4.69, 9.17) is 0 Å². The highest BCUT2D eigenvalue weighted by atomic mass is 32.1. The quantitative estimate of drug-likeness (QED) is 0.646. The Balaban J connectivity index is 1.23. The Morgan fingerprint density at radius 2 is 1.97 bits per heavy atom. The van der Waals surface area contributed by atoms with Crippen molar-refractivity contribution in [1.82, 2.24) is 30.4 Å². The van der Waals surface area contributed by atoms with Gasteiger partial charge in [-0.15, -0.1) is 16.4 Å². The third kappa shape index (κ3) is 5.36. The van der Waals surface area contributed by atoms with Crippen molar-refractivity contribution in [2.24, 2.45) is 0 Å². The number of tetrazole rings is 1. The number of hydrogen-bond donors (Lipinski definition) is 2. The number of piperidine rings is 1. The summed E-state index contributed by atoms with van der Waals surface area (Å²) in [5, 5.41) is 19.9. The van der Waals surface area contributed by atoms with E-state index in [1.807, 2.05) is 16.1 Å². The number of urea groups is 1. The molecule has 1 aliphatic heterocycles. The molecule has 1 fully saturated rings. The van der Waals surface area contributed by atoms with Crippen LogP contribution in [0.2, 0.25) is 0 Å². The van der Waals surface area contributed by atoms with Crippen LogP contribution in [-0.4, -0.2) is 50.3 Å². The summed E-state index contributed by atoms with van der Waals surface area (Å²) in [6.07, 6.45) is 1.70. The summed E-state index contributed by atoms with van der Waals surface area (Å²) >= 11 is 1.69. The first-order chi connectivity index (χ1) is 14.2. The Hall–Kier alpha value is -2.85. The molecule has 1 saturated heterocycles. The second-order valence-electron chi connectivity index (χ2n) is 6.99. The molecule has 10 heteroatoms. The maximum atomic E-state index is 12.9. The fourth-order valence-electron chi connectivity index (χ4n) is 3.33. The fourth-order valence-corrected chi connectivity index (χ4v) is 4.02. The van der Waals surface area contributed by atoms with Crippen LogP contribution in [0.5, 0.6) is 0 Å². The van der Waals surface area contributed by atoms with E-state index in [0.29, 0.717) is 18.8 Å². The van der Waals surface area contributed by atoms with Crippen molar-refractivity contribution in [2.75, 3.05) is 18.4 Å². The number of aromatic nitrogens is 4. The largest absolute Gasteiger partial charge is 0.335 e. The summed E-state index contributed by atoms with van der Waals surface area (Å²) in [5.41, 5.74) is 0.568. The first kappa shape index (κ1) is 19.5. The van der Waals surface area contributed by atoms with Crippen LogP contribution in [0.15, 0.2) is 41.8 Å². The van der Waals surface area contributed by atoms with Gasteiger partial charge in [-0.25, -0.2) is 13.9 Å². The Morgan fingerprint density at radius 1 is 1.17 bits per heavy atom. The van der Waals surface area contributed by atoms with E-state index in [-0.39, 0.29) is 17.9 Å². The van der Waals surface area contributed by atoms with Crippen LogP contribution in [0.3, 0.4) is 0 Å². The molecule has 0 unspecified atom stereocenters. The maximum absolute atomic E-state index is 12.9. The van der Waals surface area contributed by atoms with Gasteiger partial charge in [-0.1, -0.05) is 6.07 Å². The van der Waals surface area contributed by atoms with Crippen LogP contribution in [0.4, 0.5) is 14.9 Å². The number of nitrogens with zero attached hydrogens (tertiary/aromatic N) is 5. The number of hydrogen-bond acceptors (Lipinski definition) is 6. The van der Waals surface area contributed by atoms with Crippen molar-refractivity contribution >= 4 is 23.1 Å². The van der Waals surface area contributed by atoms with Crippen LogP contribution < -0.4 is 10.6 Å². The third-order valence-corrected chi connectivity index (χ3v) is 5.74. The minimum Gasteiger partial charge on any atom is -0.335 e. The van der Waals surface area contributed by atoms with Gasteiger partial charge in [0.2, 0.25) is 0 Å². The molecule has 2 aromatic heterocycles. The molecule has 2 N–H and O–H groups in total. The summed E-state index contributed by atoms with van der Waals surface area (Å²) in [6, 6.07) is 9.65. The maximum Gasteiger partial charge on any atom is 0.319 e. The summed E-state index contributed by atoms with van der Waals surface area (Å²) < 4.78 is 14.8. The number of amides is 2. The zero-order valence-corrected chi connectivity index (χ0v) is 16.6. The molecule has 0 saturated carbocycles. The van der Waals surface area contributed by atoms with E-state index < -0.39 is 0 Å². The normalized spacial score (nSPS) is 15.3. The minimum absolute atomic E-state index is 0.105. The molecular formula is C19H22FN7OS. The molecule has 0 radical (unpaired) electrons. The predicted molar refractivity (Wildman–Crippen MR) is 108 cm³/mol. The smallest absolute Gasteiger partial charge is 0.319 e. The molecule has 29 heavy (non-hydrogen) atoms. The molecule has 1 aromatic carbocycles. The van der Waals surface area contributed by atoms with E-state index in [9.17, 15) is 9.18 Å². The molecule has 0 atom stereocenters. The lowest BCUT2D eigenvalue weighted by molar-refractivity contribution is 0.184. The van der Waals surface area contributed by atoms with E-state index in [2.05, 4.69) is 37.1 Å². The van der Waals surface area contributed by atoms with E-state index >= 15 is 0 Å². The number of carbonyl (C=O) groups is 1. The number of likely N-dealkylation sites (tertiary alicyclic amines) is 1. The summed E-state index contributed by atoms with van der Waals surface area (Å²) in [4.78, 5) is 15.7. The Morgan fingerprint density at radius 3 is 2.69 bits per heavy atom. The van der Waals surface area contributed by atoms with Gasteiger partial charge in [-0.3, -0.25) is 4.90 Å². The average Bonchev–Trinajstić information content (AvgIpc) is 3.38. The molecule has 3 heterocycles. The molecule has 3 aromatic rings. The van der Waals surface area contributed by atoms with Crippen LogP contribution in [0.1, 0.15) is 23.5 Å². The summed E-state index contributed by atoms with van der Waals surface area (Å²) in [7, 11) is 0. The van der Waals surface area contributed by atoms with Gasteiger partial charge in [0.1, 0.15) is 5.82 Å². The molecule has 0 bridgehead atoms. The van der Waals surface area contributed by atoms with Gasteiger partial charge < -0.3 is 10.6 Å². The number of nitrogens with one attached hydrogen (secondary N) is 2. The van der Waals surface area contributed by atoms with Crippen LogP contribution >= 0.6 is 11.3 Å². The number of carbonyl (C=O) groups excluding carboxylic acids is 1. The van der Waals surface area contributed by atoms with Gasteiger partial charge in [-0.05, 0) is 59.0 Å². The van der Waals surface area contributed by atoms with Gasteiger partial charge in [0.25, 0.3) is 0 Å². The molecule has 0 aliphatic carbocycles. The molecule has 2 amide bonds. The monoisotopic (exact) mass is 415 g/mol. The predicted octanol–water partition coefficient (Wildman–Crippen LogP) is 2.71. The van der Waals surface area contributed by atoms with E-state index in [1.54, 1.807) is 11.3 Å². The molecule has 1 aliphatic rings. The van der Waals surface area contributed by atoms with Crippen molar-refractivity contribution in [1.29, 1.82) is 0 Å². The lowest BCUT2D eigenvalue weighted by atomic mass is 10.1. The number of halogens is 1. The van der Waals surface area contributed by atoms with E-state index in [0.717, 1.165) is 31.8 Å². The highest BCUT2D eigenvalue weighted by molar-refractivity contribution is 7.09. The highest BCUT2D eigenvalue weighted by Gasteiger charge is 2.22. The Labute approximate surface area is 171 Å².